The van der Waals surface area contributed by atoms with Gasteiger partial charge in [-0.3, -0.25) is 5.41 Å². The summed E-state index contributed by atoms with van der Waals surface area (Å²) >= 11 is 0. The van der Waals surface area contributed by atoms with Gasteiger partial charge < -0.3 is 30.5 Å². The third-order valence-electron chi connectivity index (χ3n) is 2.05. The molecule has 0 aliphatic carbocycles. The Morgan fingerprint density at radius 1 is 0.789 bits per heavy atom. The summed E-state index contributed by atoms with van der Waals surface area (Å²) < 4.78 is 3.45. The average molecular weight is 323 g/mol. The van der Waals surface area contributed by atoms with Crippen molar-refractivity contribution in [3.63, 3.8) is 0 Å². The van der Waals surface area contributed by atoms with Crippen LogP contribution in [0.1, 0.15) is 0 Å². The average Bonchev–Trinajstić information content (AvgIpc) is 2.31. The molecule has 0 spiro atoms. The lowest BCUT2D eigenvalue weighted by Crippen LogP contribution is -3.00. The summed E-state index contributed by atoms with van der Waals surface area (Å²) in [6.07, 6.45) is 7.28. The minimum absolute atomic E-state index is 0. The van der Waals surface area contributed by atoms with E-state index in [-0.39, 0.29) is 43.2 Å². The highest BCUT2D eigenvalue weighted by Gasteiger charge is 2.25. The van der Waals surface area contributed by atoms with E-state index in [1.165, 1.54) is 5.12 Å². The van der Waals surface area contributed by atoms with Gasteiger partial charge in [0, 0.05) is 24.3 Å². The van der Waals surface area contributed by atoms with Crippen molar-refractivity contribution in [2.45, 2.75) is 0 Å². The number of nitrogens with one attached hydrogen (secondary N) is 1. The molecule has 0 fully saturated rings. The minimum atomic E-state index is -0.0626. The second-order valence-electron chi connectivity index (χ2n) is 3.19. The van der Waals surface area contributed by atoms with Gasteiger partial charge in [0.15, 0.2) is 0 Å². The van der Waals surface area contributed by atoms with Crippen LogP contribution < -0.4 is 45.0 Å². The summed E-state index contributed by atoms with van der Waals surface area (Å²) in [6, 6.07) is 11.3. The maximum Gasteiger partial charge on any atom is 0.318 e. The summed E-state index contributed by atoms with van der Waals surface area (Å²) in [5.41, 5.74) is 5.57. The molecule has 104 valence electrons. The summed E-state index contributed by atoms with van der Waals surface area (Å²) in [4.78, 5) is 0. The van der Waals surface area contributed by atoms with Crippen molar-refractivity contribution in [2.24, 2.45) is 5.73 Å². The second-order valence-corrected chi connectivity index (χ2v) is 3.19. The zero-order valence-electron chi connectivity index (χ0n) is 9.86. The zero-order valence-corrected chi connectivity index (χ0v) is 12.2. The maximum atomic E-state index is 7.59. The van der Waals surface area contributed by atoms with Gasteiger partial charge in [-0.05, 0) is 9.35 Å². The molecule has 2 rings (SSSR count). The number of guanidine groups is 1. The van der Waals surface area contributed by atoms with Crippen LogP contribution in [0.3, 0.4) is 0 Å². The van der Waals surface area contributed by atoms with E-state index < -0.39 is 0 Å². The van der Waals surface area contributed by atoms with E-state index in [4.69, 9.17) is 11.1 Å². The van der Waals surface area contributed by atoms with Crippen molar-refractivity contribution in [2.75, 3.05) is 5.12 Å². The first kappa shape index (κ1) is 19.8. The van der Waals surface area contributed by atoms with Gasteiger partial charge >= 0.3 is 5.96 Å². The summed E-state index contributed by atoms with van der Waals surface area (Å²) in [5, 5.41) is 9.12. The number of aromatic nitrogens is 2. The maximum absolute atomic E-state index is 7.59. The minimum Gasteiger partial charge on any atom is -1.00 e. The Bertz CT molecular complexity index is 441. The van der Waals surface area contributed by atoms with Gasteiger partial charge in [-0.15, -0.1) is 12.4 Å². The summed E-state index contributed by atoms with van der Waals surface area (Å²) in [5.74, 6) is -0.0626. The van der Waals surface area contributed by atoms with Crippen molar-refractivity contribution >= 4 is 18.4 Å². The van der Waals surface area contributed by atoms with E-state index in [2.05, 4.69) is 0 Å². The lowest BCUT2D eigenvalue weighted by Gasteiger charge is -2.07. The van der Waals surface area contributed by atoms with Crippen molar-refractivity contribution in [1.82, 2.24) is 0 Å². The third-order valence-corrected chi connectivity index (χ3v) is 2.05. The molecule has 19 heavy (non-hydrogen) atoms. The van der Waals surface area contributed by atoms with Gasteiger partial charge in [0.2, 0.25) is 24.8 Å². The third kappa shape index (κ3) is 4.90. The topological polar surface area (TPSA) is 60.9 Å². The Morgan fingerprint density at radius 3 is 1.37 bits per heavy atom. The normalized spacial score (nSPS) is 8.21. The van der Waals surface area contributed by atoms with E-state index >= 15 is 0 Å². The summed E-state index contributed by atoms with van der Waals surface area (Å²) in [6.45, 7) is 0. The number of nitrogens with zero attached hydrogens (tertiary/aromatic N) is 3. The van der Waals surface area contributed by atoms with Gasteiger partial charge in [-0.1, -0.05) is 12.1 Å². The number of hydrogen-bond acceptors (Lipinski definition) is 1. The zero-order chi connectivity index (χ0) is 11.4. The Hall–Kier alpha value is -1.56. The molecule has 0 aliphatic heterocycles. The quantitative estimate of drug-likeness (QED) is 0.329. The highest BCUT2D eigenvalue weighted by Crippen LogP contribution is 1.81. The van der Waals surface area contributed by atoms with Crippen LogP contribution in [0.2, 0.25) is 0 Å². The monoisotopic (exact) mass is 321 g/mol. The van der Waals surface area contributed by atoms with Crippen molar-refractivity contribution in [3.8, 4) is 0 Å². The molecule has 8 heteroatoms. The van der Waals surface area contributed by atoms with Crippen molar-refractivity contribution in [1.29, 1.82) is 5.41 Å². The van der Waals surface area contributed by atoms with Gasteiger partial charge in [0.1, 0.15) is 5.12 Å². The van der Waals surface area contributed by atoms with E-state index in [1.54, 1.807) is 9.35 Å². The van der Waals surface area contributed by atoms with Crippen LogP contribution in [-0.2, 0) is 0 Å². The molecule has 0 saturated heterocycles. The molecule has 0 saturated carbocycles. The standard InChI is InChI=1S/C11H13N5.3ClH/c12-11(13)16(14-7-3-1-4-8-14)15-9-5-2-6-10-15;;;/h1-10H,(H3,12,13);3*1H/q+2;;;/p-2. The molecule has 2 aromatic rings. The number of nitrogens with two attached hydrogens (primary N) is 1. The Balaban J connectivity index is 0. The molecule has 0 amide bonds. The lowest BCUT2D eigenvalue weighted by molar-refractivity contribution is -0.893. The molecule has 5 nitrogen and oxygen atoms in total. The molecule has 0 aromatic carbocycles. The van der Waals surface area contributed by atoms with Crippen LogP contribution in [0.5, 0.6) is 0 Å². The molecule has 3 N–H and O–H groups in total. The van der Waals surface area contributed by atoms with E-state index in [0.29, 0.717) is 0 Å². The number of halogens is 3. The largest absolute Gasteiger partial charge is 1.00 e. The van der Waals surface area contributed by atoms with E-state index in [0.717, 1.165) is 0 Å². The van der Waals surface area contributed by atoms with Crippen LogP contribution >= 0.6 is 12.4 Å². The van der Waals surface area contributed by atoms with Gasteiger partial charge in [0.25, 0.3) is 0 Å². The molecular weight excluding hydrogens is 309 g/mol. The predicted octanol–water partition coefficient (Wildman–Crippen LogP) is -6.01. The number of rotatable bonds is 2. The Kier molecular flexibility index (Phi) is 9.76. The van der Waals surface area contributed by atoms with Crippen LogP contribution in [-0.4, -0.2) is 5.96 Å². The summed E-state index contributed by atoms with van der Waals surface area (Å²) in [7, 11) is 0. The molecular formula is C11H14Cl3N5. The van der Waals surface area contributed by atoms with E-state index in [9.17, 15) is 0 Å². The van der Waals surface area contributed by atoms with Crippen LogP contribution in [0.25, 0.3) is 0 Å². The molecule has 0 bridgehead atoms. The molecule has 0 unspecified atom stereocenters. The fraction of sp³-hybridized carbons (Fsp3) is 0. The SMILES string of the molecule is Cl.N=C(N)N([n+]1ccccc1)[n+]1ccccc1.[Cl-].[Cl-]. The predicted molar refractivity (Wildman–Crippen MR) is 66.1 cm³/mol. The van der Waals surface area contributed by atoms with Crippen LogP contribution in [0.4, 0.5) is 0 Å². The Morgan fingerprint density at radius 2 is 1.11 bits per heavy atom. The fourth-order valence-electron chi connectivity index (χ4n) is 1.40. The van der Waals surface area contributed by atoms with Crippen molar-refractivity contribution < 1.29 is 34.2 Å². The highest BCUT2D eigenvalue weighted by molar-refractivity contribution is 5.85. The van der Waals surface area contributed by atoms with Gasteiger partial charge in [-0.25, -0.2) is 0 Å². The fourth-order valence-corrected chi connectivity index (χ4v) is 1.40. The Labute approximate surface area is 130 Å². The number of hydrogen-bond donors (Lipinski definition) is 2. The van der Waals surface area contributed by atoms with Gasteiger partial charge in [-0.2, -0.15) is 0 Å². The number of pyridine rings is 2. The highest BCUT2D eigenvalue weighted by atomic mass is 35.5. The second kappa shape index (κ2) is 9.38. The van der Waals surface area contributed by atoms with Crippen LogP contribution in [0.15, 0.2) is 61.2 Å². The van der Waals surface area contributed by atoms with Crippen molar-refractivity contribution in [3.05, 3.63) is 61.2 Å². The van der Waals surface area contributed by atoms with Crippen LogP contribution in [0, 0.1) is 5.41 Å². The lowest BCUT2D eigenvalue weighted by atomic mass is 10.5. The first-order valence-corrected chi connectivity index (χ1v) is 4.86. The molecule has 0 atom stereocenters. The molecule has 0 aliphatic rings. The smallest absolute Gasteiger partial charge is 0.318 e. The first-order chi connectivity index (χ1) is 7.79. The molecule has 0 radical (unpaired) electrons. The molecule has 2 heterocycles. The molecule has 2 aromatic heterocycles. The first-order valence-electron chi connectivity index (χ1n) is 4.86. The van der Waals surface area contributed by atoms with Gasteiger partial charge in [0.05, 0.1) is 0 Å². The van der Waals surface area contributed by atoms with E-state index in [1.807, 2.05) is 61.2 Å².